The fourth-order valence-electron chi connectivity index (χ4n) is 1.35. The Bertz CT molecular complexity index is 473. The maximum Gasteiger partial charge on any atom is 0.471 e. The van der Waals surface area contributed by atoms with Crippen LogP contribution in [-0.4, -0.2) is 18.1 Å². The molecule has 8 heteroatoms. The Kier molecular flexibility index (Phi) is 4.77. The number of hydrogen-bond donors (Lipinski definition) is 1. The molecule has 0 bridgehead atoms. The van der Waals surface area contributed by atoms with Crippen LogP contribution in [0.2, 0.25) is 5.02 Å². The van der Waals surface area contributed by atoms with Gasteiger partial charge in [-0.3, -0.25) is 4.79 Å². The fraction of sp³-hybridized carbons (Fsp3) is 0.273. The molecule has 19 heavy (non-hydrogen) atoms. The van der Waals surface area contributed by atoms with Crippen molar-refractivity contribution in [1.82, 2.24) is 5.32 Å². The van der Waals surface area contributed by atoms with Crippen LogP contribution in [0.1, 0.15) is 18.0 Å². The zero-order chi connectivity index (χ0) is 14.6. The number of nitrogens with one attached hydrogen (secondary N) is 1. The van der Waals surface area contributed by atoms with Crippen LogP contribution in [0.15, 0.2) is 24.3 Å². The predicted molar refractivity (Wildman–Crippen MR) is 58.0 cm³/mol. The van der Waals surface area contributed by atoms with Gasteiger partial charge in [-0.25, -0.2) is 0 Å². The Labute approximate surface area is 111 Å². The third-order valence-electron chi connectivity index (χ3n) is 2.21. The molecule has 0 aliphatic rings. The number of rotatable bonds is 4. The van der Waals surface area contributed by atoms with Crippen molar-refractivity contribution < 1.29 is 27.9 Å². The van der Waals surface area contributed by atoms with Crippen molar-refractivity contribution in [2.45, 2.75) is 18.6 Å². The normalized spacial score (nSPS) is 12.8. The van der Waals surface area contributed by atoms with E-state index in [4.69, 9.17) is 11.6 Å². The summed E-state index contributed by atoms with van der Waals surface area (Å²) in [7, 11) is 0. The minimum absolute atomic E-state index is 0.186. The predicted octanol–water partition coefficient (Wildman–Crippen LogP) is 1.20. The van der Waals surface area contributed by atoms with Crippen LogP contribution in [0.25, 0.3) is 0 Å². The summed E-state index contributed by atoms with van der Waals surface area (Å²) >= 11 is 5.60. The number of benzene rings is 1. The first-order chi connectivity index (χ1) is 8.70. The molecule has 0 radical (unpaired) electrons. The number of carbonyl (C=O) groups is 2. The first kappa shape index (κ1) is 15.3. The molecule has 1 rings (SSSR count). The van der Waals surface area contributed by atoms with Crippen molar-refractivity contribution in [2.75, 3.05) is 0 Å². The Morgan fingerprint density at radius 3 is 2.21 bits per heavy atom. The van der Waals surface area contributed by atoms with E-state index in [1.807, 2.05) is 0 Å². The SMILES string of the molecule is O=C([O-])C[C@H](NC(=O)C(F)(F)F)c1ccc(Cl)cc1. The van der Waals surface area contributed by atoms with E-state index in [0.717, 1.165) is 0 Å². The summed E-state index contributed by atoms with van der Waals surface area (Å²) in [5.74, 6) is -3.80. The van der Waals surface area contributed by atoms with Crippen molar-refractivity contribution in [2.24, 2.45) is 0 Å². The molecule has 0 saturated heterocycles. The van der Waals surface area contributed by atoms with Crippen LogP contribution in [0, 0.1) is 0 Å². The highest BCUT2D eigenvalue weighted by molar-refractivity contribution is 6.30. The van der Waals surface area contributed by atoms with Gasteiger partial charge in [0.2, 0.25) is 0 Å². The quantitative estimate of drug-likeness (QED) is 0.907. The summed E-state index contributed by atoms with van der Waals surface area (Å²) in [5, 5.41) is 12.4. The van der Waals surface area contributed by atoms with Gasteiger partial charge in [-0.05, 0) is 17.7 Å². The third-order valence-corrected chi connectivity index (χ3v) is 2.46. The Morgan fingerprint density at radius 1 is 1.26 bits per heavy atom. The summed E-state index contributed by atoms with van der Waals surface area (Å²) in [6, 6.07) is 4.06. The van der Waals surface area contributed by atoms with E-state index in [-0.39, 0.29) is 5.56 Å². The molecule has 1 atom stereocenters. The van der Waals surface area contributed by atoms with Crippen LogP contribution in [0.4, 0.5) is 13.2 Å². The summed E-state index contributed by atoms with van der Waals surface area (Å²) in [5.41, 5.74) is 0.186. The van der Waals surface area contributed by atoms with E-state index in [1.165, 1.54) is 24.3 Å². The Hall–Kier alpha value is -1.76. The van der Waals surface area contributed by atoms with Crippen LogP contribution >= 0.6 is 11.6 Å². The summed E-state index contributed by atoms with van der Waals surface area (Å²) < 4.78 is 36.4. The number of alkyl halides is 3. The van der Waals surface area contributed by atoms with E-state index in [2.05, 4.69) is 0 Å². The number of carbonyl (C=O) groups excluding carboxylic acids is 2. The molecule has 0 saturated carbocycles. The first-order valence-electron chi connectivity index (χ1n) is 5.03. The molecule has 4 nitrogen and oxygen atoms in total. The van der Waals surface area contributed by atoms with Gasteiger partial charge in [-0.1, -0.05) is 23.7 Å². The largest absolute Gasteiger partial charge is 0.550 e. The van der Waals surface area contributed by atoms with Gasteiger partial charge in [0.1, 0.15) is 0 Å². The average molecular weight is 295 g/mol. The zero-order valence-electron chi connectivity index (χ0n) is 9.33. The highest BCUT2D eigenvalue weighted by Crippen LogP contribution is 2.22. The highest BCUT2D eigenvalue weighted by Gasteiger charge is 2.39. The van der Waals surface area contributed by atoms with E-state index < -0.39 is 30.5 Å². The molecule has 0 heterocycles. The number of hydrogen-bond acceptors (Lipinski definition) is 3. The number of carboxylic acid groups (broad SMARTS) is 1. The van der Waals surface area contributed by atoms with Crippen LogP contribution < -0.4 is 10.4 Å². The van der Waals surface area contributed by atoms with Crippen molar-refractivity contribution >= 4 is 23.5 Å². The smallest absolute Gasteiger partial charge is 0.471 e. The Morgan fingerprint density at radius 2 is 1.79 bits per heavy atom. The summed E-state index contributed by atoms with van der Waals surface area (Å²) in [6.45, 7) is 0. The minimum Gasteiger partial charge on any atom is -0.550 e. The van der Waals surface area contributed by atoms with E-state index in [0.29, 0.717) is 5.02 Å². The van der Waals surface area contributed by atoms with Gasteiger partial charge in [-0.2, -0.15) is 13.2 Å². The fourth-order valence-corrected chi connectivity index (χ4v) is 1.48. The summed E-state index contributed by atoms with van der Waals surface area (Å²) in [4.78, 5) is 21.3. The monoisotopic (exact) mass is 294 g/mol. The van der Waals surface area contributed by atoms with Crippen molar-refractivity contribution in [3.63, 3.8) is 0 Å². The van der Waals surface area contributed by atoms with Gasteiger partial charge >= 0.3 is 12.1 Å². The maximum absolute atomic E-state index is 12.1. The van der Waals surface area contributed by atoms with E-state index in [1.54, 1.807) is 5.32 Å². The van der Waals surface area contributed by atoms with Crippen LogP contribution in [-0.2, 0) is 9.59 Å². The Balaban J connectivity index is 2.92. The standard InChI is InChI=1S/C11H9ClF3NO3/c12-7-3-1-6(2-4-7)8(5-9(17)18)16-10(19)11(13,14)15/h1-4,8H,5H2,(H,16,19)(H,17,18)/p-1/t8-/m0/s1. The second kappa shape index (κ2) is 5.92. The van der Waals surface area contributed by atoms with Gasteiger partial charge in [0.25, 0.3) is 0 Å². The molecule has 0 aliphatic carbocycles. The lowest BCUT2D eigenvalue weighted by atomic mass is 10.0. The molecular weight excluding hydrogens is 287 g/mol. The molecular formula is C11H8ClF3NO3-. The number of carboxylic acids is 1. The van der Waals surface area contributed by atoms with E-state index >= 15 is 0 Å². The van der Waals surface area contributed by atoms with E-state index in [9.17, 15) is 27.9 Å². The first-order valence-corrected chi connectivity index (χ1v) is 5.41. The molecule has 0 aromatic heterocycles. The lowest BCUT2D eigenvalue weighted by Crippen LogP contribution is -2.41. The van der Waals surface area contributed by atoms with Crippen molar-refractivity contribution in [1.29, 1.82) is 0 Å². The average Bonchev–Trinajstić information content (AvgIpc) is 2.27. The molecule has 1 N–H and O–H groups in total. The summed E-state index contributed by atoms with van der Waals surface area (Å²) in [6.07, 6.45) is -5.86. The van der Waals surface area contributed by atoms with Gasteiger partial charge < -0.3 is 15.2 Å². The number of halogens is 4. The lowest BCUT2D eigenvalue weighted by molar-refractivity contribution is -0.306. The molecule has 0 fully saturated rings. The van der Waals surface area contributed by atoms with Crippen LogP contribution in [0.3, 0.4) is 0 Å². The molecule has 0 unspecified atom stereocenters. The highest BCUT2D eigenvalue weighted by atomic mass is 35.5. The van der Waals surface area contributed by atoms with Crippen molar-refractivity contribution in [3.8, 4) is 0 Å². The van der Waals surface area contributed by atoms with Crippen LogP contribution in [0.5, 0.6) is 0 Å². The molecule has 0 aliphatic heterocycles. The van der Waals surface area contributed by atoms with Gasteiger partial charge in [-0.15, -0.1) is 0 Å². The molecule has 0 spiro atoms. The van der Waals surface area contributed by atoms with Gasteiger partial charge in [0.15, 0.2) is 0 Å². The minimum atomic E-state index is -5.09. The second-order valence-corrected chi connectivity index (χ2v) is 4.09. The molecule has 1 aromatic rings. The number of amides is 1. The zero-order valence-corrected chi connectivity index (χ0v) is 10.1. The lowest BCUT2D eigenvalue weighted by Gasteiger charge is -2.20. The number of aliphatic carboxylic acids is 1. The molecule has 1 aromatic carbocycles. The topological polar surface area (TPSA) is 69.2 Å². The molecule has 1 amide bonds. The van der Waals surface area contributed by atoms with Gasteiger partial charge in [0.05, 0.1) is 6.04 Å². The second-order valence-electron chi connectivity index (χ2n) is 3.65. The molecule has 104 valence electrons. The van der Waals surface area contributed by atoms with Gasteiger partial charge in [0, 0.05) is 17.4 Å². The maximum atomic E-state index is 12.1. The third kappa shape index (κ3) is 4.78. The van der Waals surface area contributed by atoms with Crippen molar-refractivity contribution in [3.05, 3.63) is 34.9 Å².